The summed E-state index contributed by atoms with van der Waals surface area (Å²) in [6, 6.07) is 0. The summed E-state index contributed by atoms with van der Waals surface area (Å²) in [7, 11) is 0. The quantitative estimate of drug-likeness (QED) is 0.718. The van der Waals surface area contributed by atoms with Gasteiger partial charge in [-0.3, -0.25) is 0 Å². The second-order valence-electron chi connectivity index (χ2n) is 4.65. The van der Waals surface area contributed by atoms with Crippen LogP contribution in [0.3, 0.4) is 0 Å². The summed E-state index contributed by atoms with van der Waals surface area (Å²) in [5.41, 5.74) is 0.0677. The average Bonchev–Trinajstić information content (AvgIpc) is 2.74. The maximum Gasteiger partial charge on any atom is 0.107 e. The Kier molecular flexibility index (Phi) is 4.50. The molecule has 0 amide bonds. The highest BCUT2D eigenvalue weighted by molar-refractivity contribution is 7.11. The minimum absolute atomic E-state index is 0.0677. The normalized spacial score (nSPS) is 18.0. The highest BCUT2D eigenvalue weighted by atomic mass is 32.1. The molecule has 5 heteroatoms. The first kappa shape index (κ1) is 13.0. The van der Waals surface area contributed by atoms with E-state index in [4.69, 9.17) is 4.74 Å². The summed E-state index contributed by atoms with van der Waals surface area (Å²) in [6.07, 6.45) is 3.05. The Morgan fingerprint density at radius 2 is 2.41 bits per heavy atom. The molecule has 4 nitrogen and oxygen atoms in total. The molecule has 2 N–H and O–H groups in total. The molecule has 1 fully saturated rings. The van der Waals surface area contributed by atoms with E-state index in [1.807, 2.05) is 6.20 Å². The van der Waals surface area contributed by atoms with Gasteiger partial charge in [-0.25, -0.2) is 4.98 Å². The largest absolute Gasteiger partial charge is 0.371 e. The van der Waals surface area contributed by atoms with E-state index in [9.17, 15) is 0 Å². The molecule has 0 aromatic carbocycles. The lowest BCUT2D eigenvalue weighted by Gasteiger charge is -2.39. The van der Waals surface area contributed by atoms with E-state index in [1.54, 1.807) is 11.3 Å². The van der Waals surface area contributed by atoms with E-state index in [0.717, 1.165) is 39.2 Å². The van der Waals surface area contributed by atoms with Crippen LogP contribution in [0.15, 0.2) is 6.20 Å². The van der Waals surface area contributed by atoms with Crippen LogP contribution in [0.4, 0.5) is 0 Å². The third-order valence-electron chi connectivity index (χ3n) is 2.95. The van der Waals surface area contributed by atoms with Crippen molar-refractivity contribution < 1.29 is 4.74 Å². The molecule has 0 aliphatic carbocycles. The fraction of sp³-hybridized carbons (Fsp3) is 0.750. The molecule has 0 bridgehead atoms. The van der Waals surface area contributed by atoms with Gasteiger partial charge in [-0.05, 0) is 13.3 Å². The highest BCUT2D eigenvalue weighted by Gasteiger charge is 2.31. The smallest absolute Gasteiger partial charge is 0.107 e. The molecule has 0 unspecified atom stereocenters. The molecule has 2 heterocycles. The number of hydrogen-bond acceptors (Lipinski definition) is 5. The lowest BCUT2D eigenvalue weighted by molar-refractivity contribution is -0.0648. The summed E-state index contributed by atoms with van der Waals surface area (Å²) < 4.78 is 5.79. The summed E-state index contributed by atoms with van der Waals surface area (Å²) in [5.74, 6) is 0. The first-order valence-corrected chi connectivity index (χ1v) is 7.02. The molecule has 1 saturated heterocycles. The topological polar surface area (TPSA) is 46.2 Å². The van der Waals surface area contributed by atoms with Crippen molar-refractivity contribution in [1.29, 1.82) is 0 Å². The van der Waals surface area contributed by atoms with Crippen LogP contribution in [0.1, 0.15) is 23.7 Å². The molecule has 17 heavy (non-hydrogen) atoms. The van der Waals surface area contributed by atoms with Crippen molar-refractivity contribution in [2.24, 2.45) is 0 Å². The van der Waals surface area contributed by atoms with Crippen molar-refractivity contribution in [1.82, 2.24) is 15.6 Å². The van der Waals surface area contributed by atoms with Crippen LogP contribution in [0.5, 0.6) is 0 Å². The van der Waals surface area contributed by atoms with E-state index in [1.165, 1.54) is 9.88 Å². The molecule has 1 aromatic rings. The van der Waals surface area contributed by atoms with Crippen molar-refractivity contribution in [2.75, 3.05) is 26.2 Å². The van der Waals surface area contributed by atoms with Crippen molar-refractivity contribution >= 4 is 11.3 Å². The van der Waals surface area contributed by atoms with Gasteiger partial charge in [0, 0.05) is 37.3 Å². The Labute approximate surface area is 107 Å². The van der Waals surface area contributed by atoms with E-state index >= 15 is 0 Å². The third kappa shape index (κ3) is 3.74. The van der Waals surface area contributed by atoms with Crippen molar-refractivity contribution in [3.8, 4) is 0 Å². The minimum atomic E-state index is 0.0677. The number of thiazole rings is 1. The number of aryl methyl sites for hydroxylation is 1. The van der Waals surface area contributed by atoms with Gasteiger partial charge in [0.25, 0.3) is 0 Å². The van der Waals surface area contributed by atoms with Gasteiger partial charge >= 0.3 is 0 Å². The second-order valence-corrected chi connectivity index (χ2v) is 5.85. The van der Waals surface area contributed by atoms with Crippen LogP contribution >= 0.6 is 11.3 Å². The first-order chi connectivity index (χ1) is 8.22. The van der Waals surface area contributed by atoms with Gasteiger partial charge in [0.2, 0.25) is 0 Å². The van der Waals surface area contributed by atoms with Gasteiger partial charge in [-0.1, -0.05) is 6.92 Å². The van der Waals surface area contributed by atoms with Crippen LogP contribution in [0.25, 0.3) is 0 Å². The minimum Gasteiger partial charge on any atom is -0.371 e. The van der Waals surface area contributed by atoms with Crippen molar-refractivity contribution in [2.45, 2.75) is 32.4 Å². The zero-order valence-corrected chi connectivity index (χ0v) is 11.4. The van der Waals surface area contributed by atoms with Gasteiger partial charge in [0.05, 0.1) is 12.2 Å². The molecular formula is C12H21N3OS. The summed E-state index contributed by atoms with van der Waals surface area (Å²) >= 11 is 1.79. The maximum absolute atomic E-state index is 5.79. The fourth-order valence-corrected chi connectivity index (χ4v) is 2.57. The second kappa shape index (κ2) is 5.91. The molecule has 2 rings (SSSR count). The van der Waals surface area contributed by atoms with Crippen LogP contribution in [0, 0.1) is 0 Å². The molecular weight excluding hydrogens is 234 g/mol. The molecule has 0 atom stereocenters. The van der Waals surface area contributed by atoms with E-state index in [2.05, 4.69) is 29.5 Å². The SMILES string of the molecule is CCc1cnc(CNCCOC2(C)CNC2)s1. The number of nitrogens with zero attached hydrogens (tertiary/aromatic N) is 1. The lowest BCUT2D eigenvalue weighted by atomic mass is 10.0. The Morgan fingerprint density at radius 3 is 3.00 bits per heavy atom. The Morgan fingerprint density at radius 1 is 1.59 bits per heavy atom. The van der Waals surface area contributed by atoms with E-state index in [0.29, 0.717) is 0 Å². The number of rotatable bonds is 7. The predicted molar refractivity (Wildman–Crippen MR) is 70.4 cm³/mol. The van der Waals surface area contributed by atoms with Crippen LogP contribution in [-0.4, -0.2) is 36.8 Å². The number of hydrogen-bond donors (Lipinski definition) is 2. The molecule has 1 aromatic heterocycles. The Hall–Kier alpha value is -0.490. The molecule has 0 saturated carbocycles. The maximum atomic E-state index is 5.79. The van der Waals surface area contributed by atoms with E-state index in [-0.39, 0.29) is 5.60 Å². The summed E-state index contributed by atoms with van der Waals surface area (Å²) in [6.45, 7) is 8.76. The standard InChI is InChI=1S/C12H21N3OS/c1-3-10-6-15-11(17-10)7-13-4-5-16-12(2)8-14-9-12/h6,13-14H,3-5,7-9H2,1-2H3. The monoisotopic (exact) mass is 255 g/mol. The molecule has 0 spiro atoms. The molecule has 1 aliphatic heterocycles. The first-order valence-electron chi connectivity index (χ1n) is 6.21. The van der Waals surface area contributed by atoms with Gasteiger partial charge < -0.3 is 15.4 Å². The highest BCUT2D eigenvalue weighted by Crippen LogP contribution is 2.15. The van der Waals surface area contributed by atoms with Crippen molar-refractivity contribution in [3.05, 3.63) is 16.1 Å². The zero-order chi connectivity index (χ0) is 12.1. The van der Waals surface area contributed by atoms with Gasteiger partial charge in [0.1, 0.15) is 5.01 Å². The van der Waals surface area contributed by atoms with Gasteiger partial charge in [-0.15, -0.1) is 11.3 Å². The van der Waals surface area contributed by atoms with Crippen LogP contribution < -0.4 is 10.6 Å². The van der Waals surface area contributed by atoms with Crippen LogP contribution in [0.2, 0.25) is 0 Å². The number of ether oxygens (including phenoxy) is 1. The Balaban J connectivity index is 1.56. The van der Waals surface area contributed by atoms with Gasteiger partial charge in [0.15, 0.2) is 0 Å². The fourth-order valence-electron chi connectivity index (χ4n) is 1.74. The number of nitrogens with one attached hydrogen (secondary N) is 2. The number of aromatic nitrogens is 1. The van der Waals surface area contributed by atoms with Gasteiger partial charge in [-0.2, -0.15) is 0 Å². The Bertz CT molecular complexity index is 349. The van der Waals surface area contributed by atoms with Crippen molar-refractivity contribution in [3.63, 3.8) is 0 Å². The predicted octanol–water partition coefficient (Wildman–Crippen LogP) is 1.17. The lowest BCUT2D eigenvalue weighted by Crippen LogP contribution is -2.59. The molecule has 96 valence electrons. The molecule has 1 aliphatic rings. The van der Waals surface area contributed by atoms with Crippen LogP contribution in [-0.2, 0) is 17.7 Å². The zero-order valence-electron chi connectivity index (χ0n) is 10.6. The molecule has 0 radical (unpaired) electrons. The third-order valence-corrected chi connectivity index (χ3v) is 4.10. The summed E-state index contributed by atoms with van der Waals surface area (Å²) in [5, 5.41) is 7.75. The average molecular weight is 255 g/mol. The van der Waals surface area contributed by atoms with E-state index < -0.39 is 0 Å². The summed E-state index contributed by atoms with van der Waals surface area (Å²) in [4.78, 5) is 5.72.